The van der Waals surface area contributed by atoms with Crippen molar-refractivity contribution < 1.29 is 28.5 Å². The van der Waals surface area contributed by atoms with E-state index < -0.39 is 11.9 Å². The zero-order valence-corrected chi connectivity index (χ0v) is 18.1. The SMILES string of the molecule is COC(=O)c1cc(Cl)c(N2C=Nc3c(Cl)cc(C(=O)OC)c(OC)c3C2)cc1OC. The minimum absolute atomic E-state index is 0.186. The summed E-state index contributed by atoms with van der Waals surface area (Å²) < 4.78 is 20.4. The van der Waals surface area contributed by atoms with Crippen molar-refractivity contribution in [3.63, 3.8) is 0 Å². The molecule has 0 amide bonds. The van der Waals surface area contributed by atoms with Gasteiger partial charge in [-0.25, -0.2) is 14.6 Å². The number of rotatable bonds is 5. The number of hydrogen-bond acceptors (Lipinski definition) is 8. The number of fused-ring (bicyclic) bond motifs is 1. The molecule has 0 bridgehead atoms. The first kappa shape index (κ1) is 21.7. The summed E-state index contributed by atoms with van der Waals surface area (Å²) >= 11 is 12.8. The summed E-state index contributed by atoms with van der Waals surface area (Å²) in [6.07, 6.45) is 1.55. The van der Waals surface area contributed by atoms with Gasteiger partial charge in [-0.2, -0.15) is 0 Å². The normalized spacial score (nSPS) is 12.3. The van der Waals surface area contributed by atoms with Gasteiger partial charge in [0.1, 0.15) is 22.6 Å². The van der Waals surface area contributed by atoms with Crippen LogP contribution in [0.25, 0.3) is 0 Å². The quantitative estimate of drug-likeness (QED) is 0.626. The number of halogens is 2. The molecule has 30 heavy (non-hydrogen) atoms. The molecule has 0 saturated carbocycles. The first-order chi connectivity index (χ1) is 14.4. The van der Waals surface area contributed by atoms with Crippen molar-refractivity contribution in [1.82, 2.24) is 0 Å². The average molecular weight is 453 g/mol. The smallest absolute Gasteiger partial charge is 0.341 e. The Hall–Kier alpha value is -2.97. The van der Waals surface area contributed by atoms with Gasteiger partial charge in [0.05, 0.1) is 62.7 Å². The number of methoxy groups -OCH3 is 4. The fourth-order valence-corrected chi connectivity index (χ4v) is 3.69. The summed E-state index contributed by atoms with van der Waals surface area (Å²) in [5.41, 5.74) is 1.96. The van der Waals surface area contributed by atoms with Gasteiger partial charge in [0, 0.05) is 11.6 Å². The van der Waals surface area contributed by atoms with Crippen LogP contribution in [0.2, 0.25) is 10.0 Å². The van der Waals surface area contributed by atoms with Crippen molar-refractivity contribution in [1.29, 1.82) is 0 Å². The molecule has 0 N–H and O–H groups in total. The number of carbonyl (C=O) groups is 2. The molecule has 0 saturated heterocycles. The van der Waals surface area contributed by atoms with Crippen molar-refractivity contribution in [3.05, 3.63) is 44.9 Å². The molecule has 3 rings (SSSR count). The summed E-state index contributed by atoms with van der Waals surface area (Å²) in [4.78, 5) is 30.2. The van der Waals surface area contributed by atoms with E-state index in [0.717, 1.165) is 0 Å². The van der Waals surface area contributed by atoms with Crippen molar-refractivity contribution in [2.24, 2.45) is 4.99 Å². The molecule has 8 nitrogen and oxygen atoms in total. The van der Waals surface area contributed by atoms with Gasteiger partial charge < -0.3 is 23.8 Å². The predicted octanol–water partition coefficient (Wildman–Crippen LogP) is 4.26. The number of nitrogens with zero attached hydrogens (tertiary/aromatic N) is 2. The second kappa shape index (κ2) is 8.81. The Kier molecular flexibility index (Phi) is 6.38. The zero-order chi connectivity index (χ0) is 22.0. The van der Waals surface area contributed by atoms with E-state index in [-0.39, 0.29) is 33.5 Å². The van der Waals surface area contributed by atoms with Gasteiger partial charge in [0.25, 0.3) is 0 Å². The highest BCUT2D eigenvalue weighted by Gasteiger charge is 2.28. The minimum Gasteiger partial charge on any atom is -0.496 e. The van der Waals surface area contributed by atoms with Crippen LogP contribution in [0.1, 0.15) is 26.3 Å². The molecule has 0 aliphatic carbocycles. The maximum Gasteiger partial charge on any atom is 0.341 e. The molecular formula is C20H18Cl2N2O6. The van der Waals surface area contributed by atoms with Crippen LogP contribution in [0.3, 0.4) is 0 Å². The Labute approximate surface area is 182 Å². The first-order valence-electron chi connectivity index (χ1n) is 8.60. The van der Waals surface area contributed by atoms with Gasteiger partial charge in [0.2, 0.25) is 0 Å². The highest BCUT2D eigenvalue weighted by atomic mass is 35.5. The van der Waals surface area contributed by atoms with E-state index >= 15 is 0 Å². The van der Waals surface area contributed by atoms with E-state index in [2.05, 4.69) is 4.99 Å². The Balaban J connectivity index is 2.10. The van der Waals surface area contributed by atoms with E-state index in [9.17, 15) is 9.59 Å². The number of benzene rings is 2. The average Bonchev–Trinajstić information content (AvgIpc) is 2.77. The molecule has 158 valence electrons. The standard InChI is InChI=1S/C20H18Cl2N2O6/c1-27-16-7-15(13(21)5-10(16)19(25)29-3)24-8-12-17(23-9-24)14(22)6-11(18(12)28-2)20(26)30-4/h5-7,9H,8H2,1-4H3. The van der Waals surface area contributed by atoms with E-state index in [1.807, 2.05) is 0 Å². The van der Waals surface area contributed by atoms with Crippen LogP contribution in [0.5, 0.6) is 11.5 Å². The zero-order valence-electron chi connectivity index (χ0n) is 16.6. The van der Waals surface area contributed by atoms with Gasteiger partial charge in [0.15, 0.2) is 0 Å². The van der Waals surface area contributed by atoms with E-state index in [1.54, 1.807) is 17.3 Å². The van der Waals surface area contributed by atoms with Gasteiger partial charge >= 0.3 is 11.9 Å². The van der Waals surface area contributed by atoms with E-state index in [1.165, 1.54) is 40.6 Å². The van der Waals surface area contributed by atoms with Crippen LogP contribution in [-0.4, -0.2) is 46.7 Å². The molecule has 2 aromatic rings. The van der Waals surface area contributed by atoms with Crippen LogP contribution in [0.4, 0.5) is 11.4 Å². The number of aliphatic imine (C=N–C) groups is 1. The van der Waals surface area contributed by atoms with Crippen molar-refractivity contribution in [3.8, 4) is 11.5 Å². The fourth-order valence-electron chi connectivity index (χ4n) is 3.14. The van der Waals surface area contributed by atoms with Gasteiger partial charge in [-0.15, -0.1) is 0 Å². The Morgan fingerprint density at radius 2 is 1.57 bits per heavy atom. The largest absolute Gasteiger partial charge is 0.496 e. The third kappa shape index (κ3) is 3.76. The molecule has 0 atom stereocenters. The number of ether oxygens (including phenoxy) is 4. The van der Waals surface area contributed by atoms with Crippen molar-refractivity contribution in [2.75, 3.05) is 33.3 Å². The molecule has 1 heterocycles. The monoisotopic (exact) mass is 452 g/mol. The molecule has 1 aliphatic heterocycles. The second-order valence-electron chi connectivity index (χ2n) is 6.13. The third-order valence-corrected chi connectivity index (χ3v) is 5.14. The van der Waals surface area contributed by atoms with Crippen molar-refractivity contribution in [2.45, 2.75) is 6.54 Å². The number of hydrogen-bond donors (Lipinski definition) is 0. The van der Waals surface area contributed by atoms with Gasteiger partial charge in [-0.05, 0) is 12.1 Å². The summed E-state index contributed by atoms with van der Waals surface area (Å²) in [5, 5.41) is 0.562. The molecule has 10 heteroatoms. The van der Waals surface area contributed by atoms with Crippen LogP contribution >= 0.6 is 23.2 Å². The summed E-state index contributed by atoms with van der Waals surface area (Å²) in [7, 11) is 5.42. The molecule has 0 fully saturated rings. The van der Waals surface area contributed by atoms with Gasteiger partial charge in [-0.3, -0.25) is 0 Å². The Morgan fingerprint density at radius 1 is 0.933 bits per heavy atom. The molecule has 0 spiro atoms. The van der Waals surface area contributed by atoms with E-state index in [0.29, 0.717) is 22.7 Å². The topological polar surface area (TPSA) is 86.7 Å². The summed E-state index contributed by atoms with van der Waals surface area (Å²) in [5.74, 6) is -0.569. The predicted molar refractivity (Wildman–Crippen MR) is 113 cm³/mol. The molecule has 0 unspecified atom stereocenters. The third-order valence-electron chi connectivity index (χ3n) is 4.55. The first-order valence-corrected chi connectivity index (χ1v) is 9.36. The highest BCUT2D eigenvalue weighted by molar-refractivity contribution is 6.35. The Morgan fingerprint density at radius 3 is 2.17 bits per heavy atom. The lowest BCUT2D eigenvalue weighted by molar-refractivity contribution is 0.0588. The number of esters is 2. The summed E-state index contributed by atoms with van der Waals surface area (Å²) in [6.45, 7) is 0.243. The van der Waals surface area contributed by atoms with Crippen LogP contribution < -0.4 is 14.4 Å². The van der Waals surface area contributed by atoms with Crippen molar-refractivity contribution >= 4 is 52.9 Å². The highest BCUT2D eigenvalue weighted by Crippen LogP contribution is 2.43. The van der Waals surface area contributed by atoms with Crippen LogP contribution in [-0.2, 0) is 16.0 Å². The number of carbonyl (C=O) groups excluding carboxylic acids is 2. The second-order valence-corrected chi connectivity index (χ2v) is 6.94. The maximum atomic E-state index is 12.2. The lowest BCUT2D eigenvalue weighted by Gasteiger charge is -2.28. The molecule has 0 radical (unpaired) electrons. The molecular weight excluding hydrogens is 435 g/mol. The van der Waals surface area contributed by atoms with Crippen LogP contribution in [0, 0.1) is 0 Å². The minimum atomic E-state index is -0.584. The lowest BCUT2D eigenvalue weighted by Crippen LogP contribution is -2.25. The lowest BCUT2D eigenvalue weighted by atomic mass is 10.0. The molecule has 0 aromatic heterocycles. The van der Waals surface area contributed by atoms with Crippen LogP contribution in [0.15, 0.2) is 23.2 Å². The molecule has 2 aromatic carbocycles. The fraction of sp³-hybridized carbons (Fsp3) is 0.250. The maximum absolute atomic E-state index is 12.2. The summed E-state index contributed by atoms with van der Waals surface area (Å²) in [6, 6.07) is 4.52. The Bertz CT molecular complexity index is 1050. The van der Waals surface area contributed by atoms with Gasteiger partial charge in [-0.1, -0.05) is 23.2 Å². The van der Waals surface area contributed by atoms with E-state index in [4.69, 9.17) is 42.1 Å². The molecule has 1 aliphatic rings. The number of anilines is 1.